The lowest BCUT2D eigenvalue weighted by atomic mass is 10.2. The maximum Gasteiger partial charge on any atom is 0.216 e. The quantitative estimate of drug-likeness (QED) is 0.515. The highest BCUT2D eigenvalue weighted by Crippen LogP contribution is 2.30. The molecule has 0 spiro atoms. The second-order valence-corrected chi connectivity index (χ2v) is 6.39. The van der Waals surface area contributed by atoms with Crippen molar-refractivity contribution in [2.75, 3.05) is 5.32 Å². The third-order valence-corrected chi connectivity index (χ3v) is 4.66. The lowest BCUT2D eigenvalue weighted by Gasteiger charge is -2.03. The molecule has 27 heavy (non-hydrogen) atoms. The molecule has 0 saturated carbocycles. The minimum Gasteiger partial charge on any atom is -0.360 e. The van der Waals surface area contributed by atoms with Crippen LogP contribution in [0.25, 0.3) is 27.4 Å². The maximum atomic E-state index is 9.23. The predicted octanol–water partition coefficient (Wildman–Crippen LogP) is 3.97. The molecule has 0 fully saturated rings. The molecule has 0 aliphatic carbocycles. The van der Waals surface area contributed by atoms with E-state index >= 15 is 0 Å². The fraction of sp³-hybridized carbons (Fsp3) is 0. The summed E-state index contributed by atoms with van der Waals surface area (Å²) in [6.07, 6.45) is 1.56. The second-order valence-electron chi connectivity index (χ2n) is 5.53. The molecular weight excluding hydrogens is 358 g/mol. The van der Waals surface area contributed by atoms with E-state index < -0.39 is 0 Å². The van der Waals surface area contributed by atoms with Crippen LogP contribution in [0.15, 0.2) is 66.2 Å². The fourth-order valence-electron chi connectivity index (χ4n) is 2.47. The zero-order valence-corrected chi connectivity index (χ0v) is 14.8. The van der Waals surface area contributed by atoms with Gasteiger partial charge in [-0.2, -0.15) is 10.5 Å². The number of benzene rings is 2. The number of tetrazole rings is 1. The third kappa shape index (κ3) is 3.73. The minimum atomic E-state index is 0.244. The van der Waals surface area contributed by atoms with Gasteiger partial charge in [0.1, 0.15) is 16.6 Å². The number of hydrogen-bond donors (Lipinski definition) is 2. The van der Waals surface area contributed by atoms with Crippen molar-refractivity contribution in [2.45, 2.75) is 0 Å². The van der Waals surface area contributed by atoms with Gasteiger partial charge < -0.3 is 5.32 Å². The molecule has 0 unspecified atom stereocenters. The van der Waals surface area contributed by atoms with Crippen LogP contribution in [-0.2, 0) is 0 Å². The molecule has 0 aliphatic heterocycles. The largest absolute Gasteiger partial charge is 0.360 e. The molecule has 0 aliphatic rings. The van der Waals surface area contributed by atoms with E-state index in [0.717, 1.165) is 27.5 Å². The first-order valence-electron chi connectivity index (χ1n) is 8.05. The molecule has 0 amide bonds. The van der Waals surface area contributed by atoms with Gasteiger partial charge in [-0.1, -0.05) is 42.5 Å². The van der Waals surface area contributed by atoms with E-state index in [1.54, 1.807) is 17.5 Å². The van der Waals surface area contributed by atoms with Crippen LogP contribution in [0.3, 0.4) is 0 Å². The van der Waals surface area contributed by atoms with Crippen LogP contribution in [0.5, 0.6) is 0 Å². The summed E-state index contributed by atoms with van der Waals surface area (Å²) < 4.78 is 0. The van der Waals surface area contributed by atoms with Crippen molar-refractivity contribution in [3.63, 3.8) is 0 Å². The van der Waals surface area contributed by atoms with E-state index in [9.17, 15) is 5.26 Å². The van der Waals surface area contributed by atoms with Crippen molar-refractivity contribution in [1.29, 1.82) is 5.26 Å². The van der Waals surface area contributed by atoms with Gasteiger partial charge in [0.2, 0.25) is 5.82 Å². The minimum absolute atomic E-state index is 0.244. The van der Waals surface area contributed by atoms with Gasteiger partial charge in [0.05, 0.1) is 5.69 Å². The van der Waals surface area contributed by atoms with Crippen LogP contribution < -0.4 is 5.32 Å². The molecule has 0 saturated heterocycles. The van der Waals surface area contributed by atoms with Crippen LogP contribution in [0.4, 0.5) is 5.69 Å². The van der Waals surface area contributed by atoms with Crippen molar-refractivity contribution >= 4 is 22.6 Å². The zero-order chi connectivity index (χ0) is 18.5. The summed E-state index contributed by atoms with van der Waals surface area (Å²) in [4.78, 5) is 4.73. The van der Waals surface area contributed by atoms with E-state index in [0.29, 0.717) is 0 Å². The Hall–Kier alpha value is -3.83. The Morgan fingerprint density at radius 3 is 2.74 bits per heavy atom. The number of allylic oxidation sites excluding steroid dienone is 1. The molecule has 0 atom stereocenters. The third-order valence-electron chi connectivity index (χ3n) is 3.77. The van der Waals surface area contributed by atoms with Gasteiger partial charge >= 0.3 is 0 Å². The van der Waals surface area contributed by atoms with Gasteiger partial charge in [0.25, 0.3) is 0 Å². The summed E-state index contributed by atoms with van der Waals surface area (Å²) in [5.41, 5.74) is 4.17. The van der Waals surface area contributed by atoms with Gasteiger partial charge in [0, 0.05) is 28.4 Å². The number of nitriles is 1. The molecular formula is C19H13N7S. The monoisotopic (exact) mass is 371 g/mol. The van der Waals surface area contributed by atoms with E-state index in [1.165, 1.54) is 0 Å². The predicted molar refractivity (Wildman–Crippen MR) is 104 cm³/mol. The summed E-state index contributed by atoms with van der Waals surface area (Å²) in [5.74, 6) is 0.244. The Morgan fingerprint density at radius 1 is 1.11 bits per heavy atom. The van der Waals surface area contributed by atoms with Gasteiger partial charge in [-0.05, 0) is 17.3 Å². The highest BCUT2D eigenvalue weighted by atomic mass is 32.1. The van der Waals surface area contributed by atoms with Crippen molar-refractivity contribution in [3.05, 3.63) is 72.0 Å². The van der Waals surface area contributed by atoms with Crippen molar-refractivity contribution < 1.29 is 0 Å². The Balaban J connectivity index is 1.57. The molecule has 2 aromatic carbocycles. The number of aromatic amines is 1. The number of aromatic nitrogens is 5. The van der Waals surface area contributed by atoms with Crippen LogP contribution in [0, 0.1) is 11.3 Å². The summed E-state index contributed by atoms with van der Waals surface area (Å²) >= 11 is 1.59. The van der Waals surface area contributed by atoms with E-state index in [1.807, 2.05) is 60.7 Å². The lowest BCUT2D eigenvalue weighted by molar-refractivity contribution is 0.881. The Bertz CT molecular complexity index is 1110. The SMILES string of the molecule is N#CC(=CNc1cccc(-c2nc(-c3ccccc3)cs2)c1)c1nn[nH]n1. The second kappa shape index (κ2) is 7.59. The molecule has 7 nitrogen and oxygen atoms in total. The average Bonchev–Trinajstić information content (AvgIpc) is 3.42. The van der Waals surface area contributed by atoms with Crippen LogP contribution in [0.2, 0.25) is 0 Å². The van der Waals surface area contributed by atoms with Crippen LogP contribution in [-0.4, -0.2) is 25.6 Å². The number of anilines is 1. The first-order valence-corrected chi connectivity index (χ1v) is 8.93. The Morgan fingerprint density at radius 2 is 1.96 bits per heavy atom. The summed E-state index contributed by atoms with van der Waals surface area (Å²) in [6.45, 7) is 0. The molecule has 8 heteroatoms. The van der Waals surface area contributed by atoms with E-state index in [2.05, 4.69) is 31.3 Å². The summed E-state index contributed by atoms with van der Waals surface area (Å²) in [7, 11) is 0. The molecule has 0 bridgehead atoms. The molecule has 4 rings (SSSR count). The van der Waals surface area contributed by atoms with Crippen molar-refractivity contribution in [3.8, 4) is 27.9 Å². The van der Waals surface area contributed by atoms with Gasteiger partial charge in [-0.25, -0.2) is 4.98 Å². The number of nitrogens with one attached hydrogen (secondary N) is 2. The van der Waals surface area contributed by atoms with E-state index in [-0.39, 0.29) is 11.4 Å². The lowest BCUT2D eigenvalue weighted by Crippen LogP contribution is -1.93. The Labute approximate surface area is 159 Å². The molecule has 2 N–H and O–H groups in total. The normalized spacial score (nSPS) is 11.1. The maximum absolute atomic E-state index is 9.23. The first-order chi connectivity index (χ1) is 13.3. The molecule has 2 heterocycles. The summed E-state index contributed by atoms with van der Waals surface area (Å²) in [5, 5.41) is 28.7. The number of hydrogen-bond acceptors (Lipinski definition) is 7. The zero-order valence-electron chi connectivity index (χ0n) is 14.0. The van der Waals surface area contributed by atoms with Crippen molar-refractivity contribution in [2.24, 2.45) is 0 Å². The first kappa shape index (κ1) is 16.6. The molecule has 4 aromatic rings. The Kier molecular flexibility index (Phi) is 4.68. The summed E-state index contributed by atoms with van der Waals surface area (Å²) in [6, 6.07) is 20.0. The van der Waals surface area contributed by atoms with Crippen molar-refractivity contribution in [1.82, 2.24) is 25.6 Å². The molecule has 0 radical (unpaired) electrons. The fourth-order valence-corrected chi connectivity index (χ4v) is 3.29. The smallest absolute Gasteiger partial charge is 0.216 e. The number of nitrogens with zero attached hydrogens (tertiary/aromatic N) is 5. The van der Waals surface area contributed by atoms with Crippen LogP contribution in [0.1, 0.15) is 5.82 Å². The van der Waals surface area contributed by atoms with E-state index in [4.69, 9.17) is 4.98 Å². The van der Waals surface area contributed by atoms with Gasteiger partial charge in [-0.3, -0.25) is 0 Å². The highest BCUT2D eigenvalue weighted by Gasteiger charge is 2.08. The highest BCUT2D eigenvalue weighted by molar-refractivity contribution is 7.13. The number of thiazole rings is 1. The molecule has 130 valence electrons. The van der Waals surface area contributed by atoms with Gasteiger partial charge in [0.15, 0.2) is 0 Å². The molecule has 2 aromatic heterocycles. The number of H-pyrrole nitrogens is 1. The average molecular weight is 371 g/mol. The van der Waals surface area contributed by atoms with Crippen LogP contribution >= 0.6 is 11.3 Å². The number of rotatable bonds is 5. The topological polar surface area (TPSA) is 103 Å². The van der Waals surface area contributed by atoms with Gasteiger partial charge in [-0.15, -0.1) is 21.5 Å². The standard InChI is InChI=1S/C19H13N7S/c20-10-15(18-23-25-26-24-18)11-21-16-8-4-7-14(9-16)19-22-17(12-27-19)13-5-2-1-3-6-13/h1-9,11-12,21H,(H,23,24,25,26).